The molecule has 0 amide bonds. The lowest BCUT2D eigenvalue weighted by molar-refractivity contribution is 0.594. The molecule has 6 heavy (non-hydrogen) atoms. The molecule has 0 atom stereocenters. The predicted octanol–water partition coefficient (Wildman–Crippen LogP) is 0.993. The maximum atomic E-state index is 11.6. The van der Waals surface area contributed by atoms with Gasteiger partial charge in [-0.15, -0.1) is 28.2 Å². The van der Waals surface area contributed by atoms with E-state index in [4.69, 9.17) is 12.3 Å². The normalized spacial score (nSPS) is 38.3. The first-order valence-corrected chi connectivity index (χ1v) is 2.34. The minimum atomic E-state index is -4.94. The third kappa shape index (κ3) is 94.9. The average Bonchev–Trinajstić information content (AvgIpc) is 1.77. The molecule has 0 aliphatic heterocycles. The molecule has 0 heterocycles. The summed E-state index contributed by atoms with van der Waals surface area (Å²) in [5.41, 5.74) is 0. The molecule has 3 heteroatoms. The third-order valence-corrected chi connectivity index (χ3v) is 0. The van der Waals surface area contributed by atoms with E-state index in [-0.39, 0.29) is 24.0 Å². The molecule has 1 nitrogen and oxygen atoms in total. The van der Waals surface area contributed by atoms with Gasteiger partial charge < -0.3 is 0 Å². The summed E-state index contributed by atoms with van der Waals surface area (Å²) in [5, 5.41) is 0. The van der Waals surface area contributed by atoms with Crippen LogP contribution < -0.4 is 0 Å². The molecule has 0 rings (SSSR count). The van der Waals surface area contributed by atoms with Crippen molar-refractivity contribution in [1.82, 2.24) is 0 Å². The molecule has 0 aliphatic carbocycles. The Kier molecular flexibility index (Phi) is 0.609. The summed E-state index contributed by atoms with van der Waals surface area (Å²) in [6.45, 7) is 0. The van der Waals surface area contributed by atoms with Gasteiger partial charge in [-0.3, -0.25) is 0 Å². The molecule has 0 saturated heterocycles. The van der Waals surface area contributed by atoms with E-state index in [1.807, 2.05) is 0 Å². The van der Waals surface area contributed by atoms with Gasteiger partial charge in [-0.25, -0.2) is 0 Å². The fourth-order valence-electron chi connectivity index (χ4n) is 0. The highest BCUT2D eigenvalue weighted by Crippen LogP contribution is 1.78. The van der Waals surface area contributed by atoms with Crippen molar-refractivity contribution in [3.8, 4) is 0 Å². The maximum absolute atomic E-state index is 11.6. The summed E-state index contributed by atoms with van der Waals surface area (Å²) >= 11 is 0. The topological polar surface area (TPSA) is 17.1 Å². The molecule has 0 unspecified atom stereocenters. The largest absolute Gasteiger partial charge is 0.107 e. The Morgan fingerprint density at radius 2 is 1.83 bits per heavy atom. The van der Waals surface area contributed by atoms with Crippen LogP contribution in [0.3, 0.4) is 0 Å². The van der Waals surface area contributed by atoms with E-state index in [1.165, 1.54) is 0 Å². The molecular formula is C3H10IOS+. The minimum absolute atomic E-state index is 0. The molecule has 0 aliphatic rings. The van der Waals surface area contributed by atoms with Crippen molar-refractivity contribution >= 4 is 33.9 Å². The first-order chi connectivity index (χ1) is 5.75. The van der Waals surface area contributed by atoms with Crippen molar-refractivity contribution < 1.29 is 16.5 Å². The number of hydrogen-bond donors (Lipinski definition) is 0. The highest BCUT2D eigenvalue weighted by Gasteiger charge is 1.95. The monoisotopic (exact) mass is 230 g/mol. The Balaban J connectivity index is 0. The van der Waals surface area contributed by atoms with Crippen molar-refractivity contribution in [3.63, 3.8) is 0 Å². The van der Waals surface area contributed by atoms with E-state index in [9.17, 15) is 4.21 Å². The van der Waals surface area contributed by atoms with Gasteiger partial charge in [0.15, 0.2) is 0 Å². The molecule has 0 fully saturated rings. The zero-order chi connectivity index (χ0) is 12.0. The lowest BCUT2D eigenvalue weighted by atomic mass is 11.9. The molecule has 0 aromatic heterocycles. The second kappa shape index (κ2) is 2.96. The van der Waals surface area contributed by atoms with Crippen molar-refractivity contribution in [3.05, 3.63) is 0 Å². The van der Waals surface area contributed by atoms with Crippen LogP contribution in [0.2, 0.25) is 0 Å². The van der Waals surface area contributed by atoms with Crippen LogP contribution in [-0.2, 0) is 14.1 Å². The van der Waals surface area contributed by atoms with Crippen LogP contribution in [0, 0.1) is 0 Å². The quantitative estimate of drug-likeness (QED) is 0.448. The number of hydrogen-bond acceptors (Lipinski definition) is 1. The molecule has 0 bridgehead atoms. The van der Waals surface area contributed by atoms with Crippen molar-refractivity contribution in [1.29, 1.82) is 0 Å². The van der Waals surface area contributed by atoms with E-state index >= 15 is 0 Å². The molecule has 0 saturated carbocycles. The first-order valence-electron chi connectivity index (χ1n) is 5.28. The van der Waals surface area contributed by atoms with Gasteiger partial charge in [0, 0.05) is 0 Å². The van der Waals surface area contributed by atoms with E-state index in [0.717, 1.165) is 0 Å². The highest BCUT2D eigenvalue weighted by atomic mass is 127. The summed E-state index contributed by atoms with van der Waals surface area (Å²) in [4.78, 5) is 0. The molecule has 0 radical (unpaired) electrons. The third-order valence-electron chi connectivity index (χ3n) is 0. The van der Waals surface area contributed by atoms with Crippen LogP contribution in [0.15, 0.2) is 0 Å². The van der Waals surface area contributed by atoms with Crippen molar-refractivity contribution in [2.45, 2.75) is 0 Å². The van der Waals surface area contributed by atoms with Crippen LogP contribution in [0.4, 0.5) is 0 Å². The number of halogens is 1. The number of rotatable bonds is 0. The zero-order valence-electron chi connectivity index (χ0n) is 11.7. The summed E-state index contributed by atoms with van der Waals surface area (Å²) in [7, 11) is -4.94. The predicted molar refractivity (Wildman–Crippen MR) is 41.2 cm³/mol. The Morgan fingerprint density at radius 1 is 1.50 bits per heavy atom. The van der Waals surface area contributed by atoms with Crippen LogP contribution in [0.5, 0.6) is 0 Å². The smallest absolute Gasteiger partial charge is 0.101 e. The molecular weight excluding hydrogens is 211 g/mol. The standard InChI is InChI=1S/C3H9OS.HI/c1-5(2,3)4;/h1-3H3;1H/q+1;/i1D3,2D3,3D3;. The molecule has 40 valence electrons. The van der Waals surface area contributed by atoms with E-state index < -0.39 is 28.5 Å². The van der Waals surface area contributed by atoms with Crippen molar-refractivity contribution in [2.75, 3.05) is 18.6 Å². The van der Waals surface area contributed by atoms with Gasteiger partial charge in [0.25, 0.3) is 0 Å². The minimum Gasteiger partial charge on any atom is -0.107 e. The summed E-state index contributed by atoms with van der Waals surface area (Å²) in [5.74, 6) is 0. The van der Waals surface area contributed by atoms with Gasteiger partial charge in [-0.05, 0) is 0 Å². The summed E-state index contributed by atoms with van der Waals surface area (Å²) < 4.78 is 72.2. The van der Waals surface area contributed by atoms with Gasteiger partial charge in [0.2, 0.25) is 0 Å². The van der Waals surface area contributed by atoms with E-state index in [0.29, 0.717) is 0 Å². The Morgan fingerprint density at radius 3 is 1.83 bits per heavy atom. The molecule has 0 aromatic rings. The summed E-state index contributed by atoms with van der Waals surface area (Å²) in [6.07, 6.45) is -10.6. The fraction of sp³-hybridized carbons (Fsp3) is 1.00. The van der Waals surface area contributed by atoms with Crippen LogP contribution in [0.25, 0.3) is 0 Å². The van der Waals surface area contributed by atoms with E-state index in [1.54, 1.807) is 0 Å². The molecule has 0 N–H and O–H groups in total. The van der Waals surface area contributed by atoms with Gasteiger partial charge in [-0.1, -0.05) is 0 Å². The Bertz CT molecular complexity index is 217. The van der Waals surface area contributed by atoms with Gasteiger partial charge in [0.1, 0.15) is 18.6 Å². The second-order valence-electron chi connectivity index (χ2n) is 0.556. The highest BCUT2D eigenvalue weighted by molar-refractivity contribution is 14.0. The van der Waals surface area contributed by atoms with Crippen LogP contribution in [0.1, 0.15) is 12.3 Å². The van der Waals surface area contributed by atoms with E-state index in [2.05, 4.69) is 0 Å². The fourth-order valence-corrected chi connectivity index (χ4v) is 0. The zero-order valence-corrected chi connectivity index (χ0v) is 5.87. The van der Waals surface area contributed by atoms with Gasteiger partial charge in [-0.2, -0.15) is 0 Å². The SMILES string of the molecule is I.[2H]C([2H])([2H])[S+](=O)(C([2H])([2H])[2H])C([2H])([2H])[2H]. The Labute approximate surface area is 69.6 Å². The van der Waals surface area contributed by atoms with Crippen LogP contribution >= 0.6 is 24.0 Å². The van der Waals surface area contributed by atoms with Gasteiger partial charge >= 0.3 is 0 Å². The first kappa shape index (κ1) is 1.23. The Hall–Kier alpha value is 0.880. The molecule has 0 aromatic carbocycles. The van der Waals surface area contributed by atoms with Crippen molar-refractivity contribution in [2.24, 2.45) is 0 Å². The lowest BCUT2D eigenvalue weighted by Crippen LogP contribution is -1.97. The average molecular weight is 230 g/mol. The lowest BCUT2D eigenvalue weighted by Gasteiger charge is -1.80. The summed E-state index contributed by atoms with van der Waals surface area (Å²) in [6, 6.07) is 0. The van der Waals surface area contributed by atoms with Gasteiger partial charge in [0.05, 0.1) is 22.3 Å². The molecule has 0 spiro atoms. The maximum Gasteiger partial charge on any atom is 0.101 e. The second-order valence-corrected chi connectivity index (χ2v) is 1.67. The van der Waals surface area contributed by atoms with Crippen LogP contribution in [-0.4, -0.2) is 18.6 Å².